The van der Waals surface area contributed by atoms with Crippen molar-refractivity contribution in [3.63, 3.8) is 0 Å². The van der Waals surface area contributed by atoms with E-state index in [9.17, 15) is 28.4 Å². The number of fused-ring (bicyclic) bond motifs is 1. The number of rotatable bonds is 8. The molecular weight excluding hydrogens is 581 g/mol. The third-order valence-electron chi connectivity index (χ3n) is 7.73. The number of nitrogens with one attached hydrogen (secondary N) is 1. The van der Waals surface area contributed by atoms with Crippen molar-refractivity contribution in [3.8, 4) is 11.5 Å². The smallest absolute Gasteiger partial charge is 0.336 e. The minimum atomic E-state index is -0.887. The number of hydrogen-bond acceptors (Lipinski definition) is 8. The predicted octanol–water partition coefficient (Wildman–Crippen LogP) is 4.71. The summed E-state index contributed by atoms with van der Waals surface area (Å²) in [7, 11) is 0. The topological polar surface area (TPSA) is 122 Å². The Kier molecular flexibility index (Phi) is 9.48. The van der Waals surface area contributed by atoms with Crippen LogP contribution in [0.15, 0.2) is 72.8 Å². The summed E-state index contributed by atoms with van der Waals surface area (Å²) >= 11 is 0. The molecule has 0 radical (unpaired) electrons. The monoisotopic (exact) mass is 613 g/mol. The Bertz CT molecular complexity index is 1660. The van der Waals surface area contributed by atoms with Gasteiger partial charge in [0, 0.05) is 49.3 Å². The maximum absolute atomic E-state index is 14.2. The average molecular weight is 614 g/mol. The number of amides is 2. The van der Waals surface area contributed by atoms with E-state index in [0.29, 0.717) is 43.7 Å². The first-order chi connectivity index (χ1) is 21.6. The number of benzene rings is 3. The number of esters is 2. The first-order valence-corrected chi connectivity index (χ1v) is 14.6. The number of nitrogens with zero attached hydrogens (tertiary/aromatic N) is 2. The molecule has 3 aromatic rings. The van der Waals surface area contributed by atoms with Crippen LogP contribution in [0.5, 0.6) is 11.5 Å². The van der Waals surface area contributed by atoms with Gasteiger partial charge >= 0.3 is 11.9 Å². The van der Waals surface area contributed by atoms with Gasteiger partial charge in [0.25, 0.3) is 5.91 Å². The molecule has 2 heterocycles. The predicted molar refractivity (Wildman–Crippen MR) is 164 cm³/mol. The molecular formula is C34H32FN3O7. The normalized spacial score (nSPS) is 16.0. The molecule has 1 N–H and O–H groups in total. The highest BCUT2D eigenvalue weighted by Crippen LogP contribution is 2.41. The van der Waals surface area contributed by atoms with Crippen LogP contribution in [0, 0.1) is 18.7 Å². The van der Waals surface area contributed by atoms with E-state index in [1.807, 2.05) is 31.2 Å². The quantitative estimate of drug-likeness (QED) is 0.220. The minimum Gasteiger partial charge on any atom is -0.418 e. The van der Waals surface area contributed by atoms with Crippen molar-refractivity contribution < 1.29 is 37.8 Å². The van der Waals surface area contributed by atoms with Gasteiger partial charge in [-0.3, -0.25) is 14.4 Å². The molecule has 0 unspecified atom stereocenters. The van der Waals surface area contributed by atoms with Crippen LogP contribution >= 0.6 is 0 Å². The molecule has 11 heteroatoms. The van der Waals surface area contributed by atoms with Crippen molar-refractivity contribution in [2.45, 2.75) is 26.7 Å². The lowest BCUT2D eigenvalue weighted by molar-refractivity contribution is -0.133. The number of carbonyl (C=O) groups is 5. The van der Waals surface area contributed by atoms with Gasteiger partial charge in [-0.05, 0) is 81.4 Å². The second kappa shape index (κ2) is 13.6. The van der Waals surface area contributed by atoms with E-state index in [4.69, 9.17) is 9.47 Å². The van der Waals surface area contributed by atoms with Crippen LogP contribution in [0.4, 0.5) is 15.8 Å². The summed E-state index contributed by atoms with van der Waals surface area (Å²) in [5.41, 5.74) is 2.11. The van der Waals surface area contributed by atoms with Gasteiger partial charge in [0.15, 0.2) is 17.3 Å². The molecule has 0 aromatic heterocycles. The van der Waals surface area contributed by atoms with Gasteiger partial charge in [-0.1, -0.05) is 17.7 Å². The molecule has 1 saturated heterocycles. The first-order valence-electron chi connectivity index (χ1n) is 14.6. The van der Waals surface area contributed by atoms with Crippen LogP contribution in [0.3, 0.4) is 0 Å². The van der Waals surface area contributed by atoms with Crippen LogP contribution in [0.25, 0.3) is 0 Å². The number of anilines is 2. The van der Waals surface area contributed by atoms with E-state index < -0.39 is 23.8 Å². The van der Waals surface area contributed by atoms with Gasteiger partial charge in [0.1, 0.15) is 5.82 Å². The number of hydrogen-bond donors (Lipinski definition) is 1. The van der Waals surface area contributed by atoms with E-state index in [1.165, 1.54) is 43.3 Å². The molecule has 5 rings (SSSR count). The second-order valence-electron chi connectivity index (χ2n) is 11.0. The number of likely N-dealkylation sites (tertiary alicyclic amines) is 1. The van der Waals surface area contributed by atoms with Crippen LogP contribution < -0.4 is 19.7 Å². The average Bonchev–Trinajstić information content (AvgIpc) is 3.02. The van der Waals surface area contributed by atoms with Crippen LogP contribution in [-0.4, -0.2) is 60.6 Å². The highest BCUT2D eigenvalue weighted by atomic mass is 19.1. The molecule has 0 aliphatic carbocycles. The summed E-state index contributed by atoms with van der Waals surface area (Å²) in [6.07, 6.45) is 3.04. The van der Waals surface area contributed by atoms with E-state index in [-0.39, 0.29) is 46.8 Å². The van der Waals surface area contributed by atoms with Crippen molar-refractivity contribution in [2.24, 2.45) is 5.92 Å². The maximum Gasteiger partial charge on any atom is 0.336 e. The largest absolute Gasteiger partial charge is 0.418 e. The Labute approximate surface area is 259 Å². The van der Waals surface area contributed by atoms with Gasteiger partial charge in [0.2, 0.25) is 5.91 Å². The number of piperidine rings is 1. The Morgan fingerprint density at radius 1 is 0.889 bits per heavy atom. The summed E-state index contributed by atoms with van der Waals surface area (Å²) in [4.78, 5) is 67.5. The van der Waals surface area contributed by atoms with Gasteiger partial charge in [0.05, 0.1) is 11.3 Å². The van der Waals surface area contributed by atoms with Crippen LogP contribution in [0.2, 0.25) is 0 Å². The molecule has 232 valence electrons. The third-order valence-corrected chi connectivity index (χ3v) is 7.73. The molecule has 2 aliphatic rings. The summed E-state index contributed by atoms with van der Waals surface area (Å²) in [6, 6.07) is 15.8. The number of carbonyl (C=O) groups excluding carboxylic acids is 5. The molecule has 45 heavy (non-hydrogen) atoms. The highest BCUT2D eigenvalue weighted by molar-refractivity contribution is 6.11. The molecule has 2 amide bonds. The van der Waals surface area contributed by atoms with Crippen molar-refractivity contribution in [3.05, 3.63) is 95.3 Å². The zero-order valence-corrected chi connectivity index (χ0v) is 24.9. The number of halogens is 1. The first kappa shape index (κ1) is 31.3. The molecule has 2 aliphatic heterocycles. The summed E-state index contributed by atoms with van der Waals surface area (Å²) in [5.74, 6) is -3.84. The zero-order valence-electron chi connectivity index (χ0n) is 24.9. The number of Topliss-reactive ketones (excluding diaryl/α,β-unsaturated/α-hetero) is 1. The summed E-state index contributed by atoms with van der Waals surface area (Å²) in [6.45, 7) is 5.21. The molecule has 0 bridgehead atoms. The fourth-order valence-electron chi connectivity index (χ4n) is 5.36. The lowest BCUT2D eigenvalue weighted by atomic mass is 9.89. The van der Waals surface area contributed by atoms with Gasteiger partial charge in [-0.2, -0.15) is 0 Å². The van der Waals surface area contributed by atoms with Crippen LogP contribution in [0.1, 0.15) is 46.0 Å². The standard InChI is InChI=1S/C34H32FN3O7/c1-21-3-9-26(10-4-21)38(20-19-37-17-15-24(16-18-37)31(42)23-5-7-25(35)8-6-23)34(43)27-11-12-28(36-22(2)39)33-32(27)44-29(40)13-14-30(41)45-33/h3-14,24H,15-20H2,1-2H3,(H,36,39)/b14-13+. The molecule has 0 atom stereocenters. The molecule has 10 nitrogen and oxygen atoms in total. The third kappa shape index (κ3) is 7.50. The Balaban J connectivity index is 1.38. The highest BCUT2D eigenvalue weighted by Gasteiger charge is 2.31. The van der Waals surface area contributed by atoms with Crippen molar-refractivity contribution in [2.75, 3.05) is 36.4 Å². The van der Waals surface area contributed by atoms with Gasteiger partial charge in [-0.15, -0.1) is 0 Å². The lowest BCUT2D eigenvalue weighted by Gasteiger charge is -2.33. The molecule has 0 spiro atoms. The Hall–Kier alpha value is -5.16. The fourth-order valence-corrected chi connectivity index (χ4v) is 5.36. The number of ether oxygens (including phenoxy) is 2. The molecule has 0 saturated carbocycles. The van der Waals surface area contributed by atoms with E-state index in [2.05, 4.69) is 10.2 Å². The van der Waals surface area contributed by atoms with Crippen molar-refractivity contribution in [1.29, 1.82) is 0 Å². The fraction of sp³-hybridized carbons (Fsp3) is 0.265. The maximum atomic E-state index is 14.2. The van der Waals surface area contributed by atoms with E-state index >= 15 is 0 Å². The molecule has 3 aromatic carbocycles. The minimum absolute atomic E-state index is 0.00426. The Morgan fingerprint density at radius 2 is 1.51 bits per heavy atom. The lowest BCUT2D eigenvalue weighted by Crippen LogP contribution is -2.43. The van der Waals surface area contributed by atoms with Crippen LogP contribution in [-0.2, 0) is 14.4 Å². The van der Waals surface area contributed by atoms with Gasteiger partial charge < -0.3 is 24.6 Å². The number of aryl methyl sites for hydroxylation is 1. The summed E-state index contributed by atoms with van der Waals surface area (Å²) in [5, 5.41) is 2.54. The Morgan fingerprint density at radius 3 is 2.13 bits per heavy atom. The number of ketones is 1. The van der Waals surface area contributed by atoms with Gasteiger partial charge in [-0.25, -0.2) is 14.0 Å². The SMILES string of the molecule is CC(=O)Nc1ccc(C(=O)N(CCN2CCC(C(=O)c3ccc(F)cc3)CC2)c2ccc(C)cc2)c2c1OC(=O)/C=C/C(=O)O2. The van der Waals surface area contributed by atoms with Crippen molar-refractivity contribution >= 4 is 40.9 Å². The van der Waals surface area contributed by atoms with E-state index in [0.717, 1.165) is 17.7 Å². The molecule has 1 fully saturated rings. The summed E-state index contributed by atoms with van der Waals surface area (Å²) < 4.78 is 24.2. The zero-order chi connectivity index (χ0) is 32.1. The van der Waals surface area contributed by atoms with Crippen molar-refractivity contribution in [1.82, 2.24) is 4.90 Å². The van der Waals surface area contributed by atoms with E-state index in [1.54, 1.807) is 4.90 Å². The second-order valence-corrected chi connectivity index (χ2v) is 11.0.